The molecule has 23 heavy (non-hydrogen) atoms. The van der Waals surface area contributed by atoms with E-state index in [4.69, 9.17) is 0 Å². The molecule has 5 heteroatoms. The summed E-state index contributed by atoms with van der Waals surface area (Å²) in [6, 6.07) is 1.06. The maximum absolute atomic E-state index is 13.0. The largest absolute Gasteiger partial charge is 0.338 e. The fourth-order valence-corrected chi connectivity index (χ4v) is 4.83. The predicted molar refractivity (Wildman–Crippen MR) is 89.1 cm³/mol. The molecule has 0 aromatic carbocycles. The fraction of sp³-hybridized carbons (Fsp3) is 0.778. The second kappa shape index (κ2) is 5.93. The normalized spacial score (nSPS) is 34.3. The number of carbonyl (C=O) groups excluding carboxylic acids is 1. The zero-order valence-electron chi connectivity index (χ0n) is 14.3. The summed E-state index contributed by atoms with van der Waals surface area (Å²) in [6.07, 6.45) is 9.92. The number of likely N-dealkylation sites (tertiary alicyclic amines) is 2. The molecule has 1 aliphatic carbocycles. The van der Waals surface area contributed by atoms with Crippen LogP contribution in [0, 0.1) is 5.92 Å². The molecule has 3 aliphatic rings. The highest BCUT2D eigenvalue weighted by Crippen LogP contribution is 2.49. The van der Waals surface area contributed by atoms with Gasteiger partial charge in [-0.2, -0.15) is 5.10 Å². The van der Waals surface area contributed by atoms with Crippen LogP contribution in [0.25, 0.3) is 0 Å². The van der Waals surface area contributed by atoms with Gasteiger partial charge in [0.25, 0.3) is 0 Å². The van der Waals surface area contributed by atoms with Gasteiger partial charge in [0.15, 0.2) is 0 Å². The fourth-order valence-electron chi connectivity index (χ4n) is 4.83. The van der Waals surface area contributed by atoms with Gasteiger partial charge in [-0.25, -0.2) is 0 Å². The van der Waals surface area contributed by atoms with Crippen LogP contribution in [-0.2, 0) is 11.8 Å². The summed E-state index contributed by atoms with van der Waals surface area (Å²) in [5.74, 6) is 1.02. The molecule has 126 valence electrons. The van der Waals surface area contributed by atoms with E-state index in [2.05, 4.69) is 28.0 Å². The highest BCUT2D eigenvalue weighted by Gasteiger charge is 2.49. The first-order chi connectivity index (χ1) is 11.2. The molecule has 0 bridgehead atoms. The highest BCUT2D eigenvalue weighted by molar-refractivity contribution is 5.83. The zero-order chi connectivity index (χ0) is 16.0. The Morgan fingerprint density at radius 2 is 2.04 bits per heavy atom. The second-order valence-electron chi connectivity index (χ2n) is 7.48. The number of carbonyl (C=O) groups is 1. The van der Waals surface area contributed by atoms with Crippen LogP contribution in [0.3, 0.4) is 0 Å². The Balaban J connectivity index is 1.44. The molecule has 4 rings (SSSR count). The van der Waals surface area contributed by atoms with Gasteiger partial charge >= 0.3 is 0 Å². The molecule has 2 aliphatic heterocycles. The van der Waals surface area contributed by atoms with Crippen LogP contribution < -0.4 is 0 Å². The first kappa shape index (κ1) is 15.2. The van der Waals surface area contributed by atoms with E-state index in [-0.39, 0.29) is 5.92 Å². The van der Waals surface area contributed by atoms with Gasteiger partial charge < -0.3 is 4.90 Å². The monoisotopic (exact) mass is 316 g/mol. The molecule has 3 heterocycles. The van der Waals surface area contributed by atoms with Gasteiger partial charge in [0.1, 0.15) is 0 Å². The van der Waals surface area contributed by atoms with Crippen molar-refractivity contribution in [2.45, 2.75) is 57.0 Å². The van der Waals surface area contributed by atoms with Gasteiger partial charge in [-0.1, -0.05) is 6.92 Å². The SMILES string of the molecule is CCN1CCC[C@@H]1[C@@H]1CCCN1C(=O)[C@@H]1C[C@H]1c1cnn(C)c1. The van der Waals surface area contributed by atoms with E-state index in [1.807, 2.05) is 17.9 Å². The Labute approximate surface area is 138 Å². The quantitative estimate of drug-likeness (QED) is 0.853. The molecule has 0 spiro atoms. The summed E-state index contributed by atoms with van der Waals surface area (Å²) in [6.45, 7) is 5.54. The molecule has 1 aromatic rings. The minimum absolute atomic E-state index is 0.205. The Morgan fingerprint density at radius 3 is 2.78 bits per heavy atom. The van der Waals surface area contributed by atoms with Crippen molar-refractivity contribution in [1.29, 1.82) is 0 Å². The lowest BCUT2D eigenvalue weighted by Crippen LogP contribution is -2.48. The smallest absolute Gasteiger partial charge is 0.226 e. The van der Waals surface area contributed by atoms with Crippen molar-refractivity contribution in [2.75, 3.05) is 19.6 Å². The maximum atomic E-state index is 13.0. The Hall–Kier alpha value is -1.36. The Bertz CT molecular complexity index is 583. The van der Waals surface area contributed by atoms with Crippen LogP contribution in [-0.4, -0.2) is 57.2 Å². The van der Waals surface area contributed by atoms with E-state index >= 15 is 0 Å². The maximum Gasteiger partial charge on any atom is 0.226 e. The second-order valence-corrected chi connectivity index (χ2v) is 7.48. The summed E-state index contributed by atoms with van der Waals surface area (Å²) in [7, 11) is 1.94. The molecule has 0 unspecified atom stereocenters. The van der Waals surface area contributed by atoms with Crippen LogP contribution >= 0.6 is 0 Å². The summed E-state index contributed by atoms with van der Waals surface area (Å²) in [5.41, 5.74) is 1.23. The summed E-state index contributed by atoms with van der Waals surface area (Å²) < 4.78 is 1.84. The minimum atomic E-state index is 0.205. The molecule has 1 saturated carbocycles. The van der Waals surface area contributed by atoms with E-state index in [0.717, 1.165) is 19.5 Å². The molecular weight excluding hydrogens is 288 g/mol. The zero-order valence-corrected chi connectivity index (χ0v) is 14.3. The van der Waals surface area contributed by atoms with Crippen LogP contribution in [0.5, 0.6) is 0 Å². The van der Waals surface area contributed by atoms with Gasteiger partial charge in [0.2, 0.25) is 5.91 Å². The lowest BCUT2D eigenvalue weighted by atomic mass is 10.0. The molecule has 3 fully saturated rings. The first-order valence-corrected chi connectivity index (χ1v) is 9.22. The molecule has 5 nitrogen and oxygen atoms in total. The standard InChI is InChI=1S/C18H28N4O/c1-3-21-8-4-6-16(21)17-7-5-9-22(17)18(23)15-10-14(15)13-11-19-20(2)12-13/h11-12,14-17H,3-10H2,1-2H3/t14-,15+,16+,17-/m0/s1. The third kappa shape index (κ3) is 2.69. The van der Waals surface area contributed by atoms with Crippen molar-refractivity contribution in [1.82, 2.24) is 19.6 Å². The number of amides is 1. The van der Waals surface area contributed by atoms with Crippen LogP contribution in [0.1, 0.15) is 50.5 Å². The lowest BCUT2D eigenvalue weighted by molar-refractivity contribution is -0.134. The Morgan fingerprint density at radius 1 is 1.26 bits per heavy atom. The van der Waals surface area contributed by atoms with Gasteiger partial charge in [-0.15, -0.1) is 0 Å². The van der Waals surface area contributed by atoms with Crippen LogP contribution in [0.15, 0.2) is 12.4 Å². The van der Waals surface area contributed by atoms with Crippen molar-refractivity contribution < 1.29 is 4.79 Å². The molecule has 2 saturated heterocycles. The topological polar surface area (TPSA) is 41.4 Å². The van der Waals surface area contributed by atoms with Crippen molar-refractivity contribution in [3.63, 3.8) is 0 Å². The number of hydrogen-bond donors (Lipinski definition) is 0. The van der Waals surface area contributed by atoms with Crippen molar-refractivity contribution >= 4 is 5.91 Å². The number of aromatic nitrogens is 2. The molecule has 4 atom stereocenters. The number of nitrogens with zero attached hydrogens (tertiary/aromatic N) is 4. The van der Waals surface area contributed by atoms with Crippen molar-refractivity contribution in [3.8, 4) is 0 Å². The molecule has 1 amide bonds. The van der Waals surface area contributed by atoms with E-state index in [1.165, 1.54) is 37.8 Å². The summed E-state index contributed by atoms with van der Waals surface area (Å²) in [4.78, 5) is 17.9. The van der Waals surface area contributed by atoms with Crippen molar-refractivity contribution in [3.05, 3.63) is 18.0 Å². The third-order valence-electron chi connectivity index (χ3n) is 6.11. The molecular formula is C18H28N4O. The first-order valence-electron chi connectivity index (χ1n) is 9.22. The van der Waals surface area contributed by atoms with E-state index < -0.39 is 0 Å². The number of rotatable bonds is 4. The predicted octanol–water partition coefficient (Wildman–Crippen LogP) is 2.00. The van der Waals surface area contributed by atoms with Crippen LogP contribution in [0.2, 0.25) is 0 Å². The number of hydrogen-bond acceptors (Lipinski definition) is 3. The summed E-state index contributed by atoms with van der Waals surface area (Å²) >= 11 is 0. The molecule has 0 N–H and O–H groups in total. The van der Waals surface area contributed by atoms with Gasteiger partial charge in [0, 0.05) is 37.8 Å². The number of likely N-dealkylation sites (N-methyl/N-ethyl adjacent to an activating group) is 1. The summed E-state index contributed by atoms with van der Waals surface area (Å²) in [5, 5.41) is 4.25. The third-order valence-corrected chi connectivity index (χ3v) is 6.11. The van der Waals surface area contributed by atoms with Gasteiger partial charge in [-0.3, -0.25) is 14.4 Å². The average Bonchev–Trinajstić information content (AvgIpc) is 2.95. The highest BCUT2D eigenvalue weighted by atomic mass is 16.2. The average molecular weight is 316 g/mol. The lowest BCUT2D eigenvalue weighted by Gasteiger charge is -2.34. The minimum Gasteiger partial charge on any atom is -0.338 e. The molecule has 1 aromatic heterocycles. The number of aryl methyl sites for hydroxylation is 1. The Kier molecular flexibility index (Phi) is 3.92. The van der Waals surface area contributed by atoms with Crippen molar-refractivity contribution in [2.24, 2.45) is 13.0 Å². The van der Waals surface area contributed by atoms with E-state index in [0.29, 0.717) is 23.9 Å². The van der Waals surface area contributed by atoms with E-state index in [1.54, 1.807) is 0 Å². The van der Waals surface area contributed by atoms with Crippen LogP contribution in [0.4, 0.5) is 0 Å². The molecule has 0 radical (unpaired) electrons. The van der Waals surface area contributed by atoms with E-state index in [9.17, 15) is 4.79 Å². The van der Waals surface area contributed by atoms with Gasteiger partial charge in [0.05, 0.1) is 6.20 Å². The van der Waals surface area contributed by atoms with Gasteiger partial charge in [-0.05, 0) is 56.7 Å².